The zero-order valence-electron chi connectivity index (χ0n) is 52.2. The van der Waals surface area contributed by atoms with Crippen molar-refractivity contribution in [2.75, 3.05) is 56.6 Å². The van der Waals surface area contributed by atoms with Crippen molar-refractivity contribution >= 4 is 95.6 Å². The van der Waals surface area contributed by atoms with Crippen molar-refractivity contribution in [3.05, 3.63) is 198 Å². The zero-order valence-corrected chi connectivity index (χ0v) is 60.2. The van der Waals surface area contributed by atoms with Crippen LogP contribution in [-0.2, 0) is 55.8 Å². The number of halogens is 10. The van der Waals surface area contributed by atoms with Crippen LogP contribution in [0.15, 0.2) is 185 Å². The molecular weight excluding hydrogens is 1570 g/mol. The SMILES string of the molecule is CNCc1cc(S(N)(=O)=O)c(Br)cc1Oc1ccc(OC)cc1.CNCc1ccc(Br)cc1Oc1ccc(OC)cc1.COc1ccc(Oc2cc(Br)c(S(N)(=O)=O)cc2CN(C)C(=O)C(F)(F)F)cc1.COc1ccc(Oc2cc(Br)ccc2CN(C)C(=O)C(F)(F)F)cc1. The highest BCUT2D eigenvalue weighted by molar-refractivity contribution is 9.11. The molecule has 0 radical (unpaired) electrons. The molecule has 0 fully saturated rings. The summed E-state index contributed by atoms with van der Waals surface area (Å²) in [5, 5.41) is 16.5. The van der Waals surface area contributed by atoms with Crippen LogP contribution in [0.25, 0.3) is 0 Å². The average Bonchev–Trinajstić information content (AvgIpc) is 0.813. The summed E-state index contributed by atoms with van der Waals surface area (Å²) in [7, 11) is 3.95. The molecule has 0 aliphatic rings. The highest BCUT2D eigenvalue weighted by Crippen LogP contribution is 2.38. The molecule has 20 nitrogen and oxygen atoms in total. The lowest BCUT2D eigenvalue weighted by Gasteiger charge is -2.21. The molecule has 0 bridgehead atoms. The van der Waals surface area contributed by atoms with Gasteiger partial charge in [-0.25, -0.2) is 27.1 Å². The first-order chi connectivity index (χ1) is 45.1. The number of alkyl halides is 6. The number of rotatable bonds is 22. The fourth-order valence-electron chi connectivity index (χ4n) is 8.12. The Bertz CT molecular complexity index is 4150. The van der Waals surface area contributed by atoms with Gasteiger partial charge in [0, 0.05) is 80.4 Å². The second-order valence-corrected chi connectivity index (χ2v) is 26.5. The van der Waals surface area contributed by atoms with Crippen molar-refractivity contribution < 1.29 is 90.7 Å². The van der Waals surface area contributed by atoms with Gasteiger partial charge in [0.1, 0.15) is 69.0 Å². The number of ether oxygens (including phenoxy) is 8. The normalized spacial score (nSPS) is 11.2. The molecule has 0 aliphatic heterocycles. The number of carbonyl (C=O) groups is 2. The van der Waals surface area contributed by atoms with E-state index in [0.717, 1.165) is 59.7 Å². The number of sulfonamides is 2. The predicted molar refractivity (Wildman–Crippen MR) is 362 cm³/mol. The summed E-state index contributed by atoms with van der Waals surface area (Å²) in [6, 6.07) is 44.0. The first-order valence-electron chi connectivity index (χ1n) is 27.6. The van der Waals surface area contributed by atoms with E-state index in [-0.39, 0.29) is 32.1 Å². The van der Waals surface area contributed by atoms with Crippen LogP contribution < -0.4 is 58.8 Å². The second kappa shape index (κ2) is 36.1. The third kappa shape index (κ3) is 24.5. The maximum Gasteiger partial charge on any atom is 0.471 e. The summed E-state index contributed by atoms with van der Waals surface area (Å²) < 4.78 is 168. The van der Waals surface area contributed by atoms with Gasteiger partial charge in [0.2, 0.25) is 20.0 Å². The van der Waals surface area contributed by atoms with E-state index in [9.17, 15) is 52.8 Å². The number of primary sulfonamides is 2. The summed E-state index contributed by atoms with van der Waals surface area (Å²) in [5.74, 6) is 2.70. The van der Waals surface area contributed by atoms with Crippen molar-refractivity contribution in [3.63, 3.8) is 0 Å². The van der Waals surface area contributed by atoms with E-state index in [1.54, 1.807) is 118 Å². The number of hydrogen-bond acceptors (Lipinski definition) is 16. The Labute approximate surface area is 584 Å². The van der Waals surface area contributed by atoms with Crippen LogP contribution in [0, 0.1) is 0 Å². The van der Waals surface area contributed by atoms with Crippen LogP contribution in [0.5, 0.6) is 69.0 Å². The standard InChI is InChI=1S/C17H16BrF3N2O5S.C17H15BrF3NO3.C15H17BrN2O4S.C15H16BrNO2/c1-23(16(24)17(19,20)21)9-10-7-15(29(22,25)26)13(18)8-14(10)28-12-5-3-11(27-2)4-6-12;1-22(16(23)17(19,20)21)10-11-3-4-12(18)9-15(11)25-14-7-5-13(24-2)6-8-14;1-18-9-10-7-15(23(17,19)20)13(16)8-14(10)22-12-5-3-11(21-2)4-6-12;1-17-10-11-3-4-12(16)9-15(11)19-14-7-5-13(18-2)6-8-14/h3-8H,9H2,1-2H3,(H2,22,25,26);3-9H,10H2,1-2H3;3-8,18H,9H2,1-2H3,(H2,17,19,20);3-9,17H,10H2,1-2H3. The van der Waals surface area contributed by atoms with Gasteiger partial charge in [-0.1, -0.05) is 44.0 Å². The second-order valence-electron chi connectivity index (χ2n) is 19.9. The van der Waals surface area contributed by atoms with E-state index in [1.165, 1.54) is 26.4 Å². The average molecular weight is 1640 g/mol. The monoisotopic (exact) mass is 1630 g/mol. The molecule has 96 heavy (non-hydrogen) atoms. The molecule has 0 saturated carbocycles. The smallest absolute Gasteiger partial charge is 0.471 e. The molecule has 0 saturated heterocycles. The van der Waals surface area contributed by atoms with Gasteiger partial charge in [0.15, 0.2) is 0 Å². The lowest BCUT2D eigenvalue weighted by Crippen LogP contribution is -2.38. The minimum Gasteiger partial charge on any atom is -0.497 e. The summed E-state index contributed by atoms with van der Waals surface area (Å²) in [6.45, 7) is 0.386. The van der Waals surface area contributed by atoms with E-state index in [0.29, 0.717) is 76.7 Å². The van der Waals surface area contributed by atoms with Crippen LogP contribution in [0.1, 0.15) is 22.3 Å². The number of benzene rings is 8. The van der Waals surface area contributed by atoms with Gasteiger partial charge in [-0.3, -0.25) is 9.59 Å². The fraction of sp³-hybridized carbons (Fsp3) is 0.219. The Hall–Kier alpha value is -7.66. The first-order valence-corrected chi connectivity index (χ1v) is 33.9. The minimum atomic E-state index is -5.08. The van der Waals surface area contributed by atoms with E-state index in [4.69, 9.17) is 48.2 Å². The Balaban J connectivity index is 0.000000234. The lowest BCUT2D eigenvalue weighted by atomic mass is 10.2. The van der Waals surface area contributed by atoms with Gasteiger partial charge in [0.25, 0.3) is 0 Å². The number of methoxy groups -OCH3 is 4. The molecule has 0 unspecified atom stereocenters. The van der Waals surface area contributed by atoms with Crippen LogP contribution in [0.2, 0.25) is 0 Å². The van der Waals surface area contributed by atoms with E-state index in [1.807, 2.05) is 49.5 Å². The molecule has 0 aliphatic carbocycles. The van der Waals surface area contributed by atoms with Gasteiger partial charge < -0.3 is 58.3 Å². The zero-order chi connectivity index (χ0) is 71.3. The number of carbonyl (C=O) groups excluding carboxylic acids is 2. The van der Waals surface area contributed by atoms with E-state index in [2.05, 4.69) is 74.4 Å². The summed E-state index contributed by atoms with van der Waals surface area (Å²) in [4.78, 5) is 23.4. The van der Waals surface area contributed by atoms with Crippen molar-refractivity contribution in [2.24, 2.45) is 10.3 Å². The van der Waals surface area contributed by atoms with Crippen LogP contribution in [0.3, 0.4) is 0 Å². The third-order valence-corrected chi connectivity index (χ3v) is 17.5. The molecule has 8 aromatic carbocycles. The number of amides is 2. The highest BCUT2D eigenvalue weighted by Gasteiger charge is 2.42. The number of nitrogens with two attached hydrogens (primary N) is 2. The summed E-state index contributed by atoms with van der Waals surface area (Å²) in [6.07, 6.45) is -10.00. The molecule has 6 N–H and O–H groups in total. The minimum absolute atomic E-state index is 0.00754. The molecule has 8 aromatic rings. The van der Waals surface area contributed by atoms with Crippen LogP contribution in [-0.4, -0.2) is 107 Å². The predicted octanol–water partition coefficient (Wildman–Crippen LogP) is 14.8. The largest absolute Gasteiger partial charge is 0.497 e. The first kappa shape index (κ1) is 79.0. The van der Waals surface area contributed by atoms with Gasteiger partial charge in [0.05, 0.1) is 38.2 Å². The molecule has 32 heteroatoms. The lowest BCUT2D eigenvalue weighted by molar-refractivity contribution is -0.184. The van der Waals surface area contributed by atoms with Gasteiger partial charge >= 0.3 is 24.2 Å². The van der Waals surface area contributed by atoms with Gasteiger partial charge in [-0.05, 0) is 192 Å². The molecular formula is C64H64Br4F6N6O14S2. The topological polar surface area (TPSA) is 259 Å². The maximum atomic E-state index is 12.7. The van der Waals surface area contributed by atoms with Crippen LogP contribution >= 0.6 is 63.7 Å². The number of nitrogens with one attached hydrogen (secondary N) is 2. The molecule has 0 spiro atoms. The molecule has 0 aromatic heterocycles. The summed E-state index contributed by atoms with van der Waals surface area (Å²) >= 11 is 13.0. The number of hydrogen-bond donors (Lipinski definition) is 4. The Morgan fingerprint density at radius 2 is 0.667 bits per heavy atom. The van der Waals surface area contributed by atoms with Gasteiger partial charge in [-0.2, -0.15) is 26.3 Å². The molecule has 8 rings (SSSR count). The van der Waals surface area contributed by atoms with Crippen molar-refractivity contribution in [3.8, 4) is 69.0 Å². The van der Waals surface area contributed by atoms with Crippen LogP contribution in [0.4, 0.5) is 26.3 Å². The van der Waals surface area contributed by atoms with Gasteiger partial charge in [-0.15, -0.1) is 0 Å². The van der Waals surface area contributed by atoms with Crippen molar-refractivity contribution in [1.29, 1.82) is 0 Å². The molecule has 0 heterocycles. The molecule has 516 valence electrons. The van der Waals surface area contributed by atoms with Crippen molar-refractivity contribution in [2.45, 2.75) is 48.3 Å². The van der Waals surface area contributed by atoms with E-state index < -0.39 is 50.8 Å². The quantitative estimate of drug-likeness (QED) is 0.0460. The molecule has 2 amide bonds. The Morgan fingerprint density at radius 3 is 0.969 bits per heavy atom. The highest BCUT2D eigenvalue weighted by atomic mass is 79.9. The number of nitrogens with zero attached hydrogens (tertiary/aromatic N) is 2. The Morgan fingerprint density at radius 1 is 0.406 bits per heavy atom. The third-order valence-electron chi connectivity index (χ3n) is 12.8. The van der Waals surface area contributed by atoms with E-state index >= 15 is 0 Å². The van der Waals surface area contributed by atoms with Crippen molar-refractivity contribution in [1.82, 2.24) is 20.4 Å². The fourth-order valence-corrected chi connectivity index (χ4v) is 12.1. The Kier molecular flexibility index (Phi) is 29.7. The summed E-state index contributed by atoms with van der Waals surface area (Å²) in [5.41, 5.74) is 2.24. The maximum absolute atomic E-state index is 12.7. The molecule has 0 atom stereocenters.